The molecular weight excluding hydrogens is 301 g/mol. The molecule has 22 heavy (non-hydrogen) atoms. The maximum absolute atomic E-state index is 13.1. The molecule has 0 N–H and O–H groups in total. The number of hydrogen-bond donors (Lipinski definition) is 0. The van der Waals surface area contributed by atoms with Crippen LogP contribution in [0.4, 0.5) is 13.2 Å². The molecule has 124 valence electrons. The van der Waals surface area contributed by atoms with Crippen LogP contribution < -0.4 is 4.74 Å². The Labute approximate surface area is 127 Å². The summed E-state index contributed by atoms with van der Waals surface area (Å²) in [4.78, 5) is 0. The number of rotatable bonds is 4. The van der Waals surface area contributed by atoms with Gasteiger partial charge >= 0.3 is 6.18 Å². The standard InChI is InChI=1S/C15H19F3O4/c1-14(2)7-20-13(21-8-14)10-5-4-6-11(15(16,17)18)12(10)22-9-19-3/h4-6,13H,7-9H2,1-3H3. The topological polar surface area (TPSA) is 36.9 Å². The fourth-order valence-electron chi connectivity index (χ4n) is 2.11. The van der Waals surface area contributed by atoms with Crippen molar-refractivity contribution >= 4 is 0 Å². The summed E-state index contributed by atoms with van der Waals surface area (Å²) < 4.78 is 60.4. The first kappa shape index (κ1) is 17.1. The highest BCUT2D eigenvalue weighted by Crippen LogP contribution is 2.42. The van der Waals surface area contributed by atoms with Gasteiger partial charge in [-0.2, -0.15) is 13.2 Å². The Morgan fingerprint density at radius 2 is 1.86 bits per heavy atom. The summed E-state index contributed by atoms with van der Waals surface area (Å²) in [7, 11) is 1.34. The third-order valence-corrected chi connectivity index (χ3v) is 3.18. The number of benzene rings is 1. The van der Waals surface area contributed by atoms with E-state index in [0.717, 1.165) is 6.07 Å². The molecule has 4 nitrogen and oxygen atoms in total. The van der Waals surface area contributed by atoms with Crippen LogP contribution in [0.2, 0.25) is 0 Å². The van der Waals surface area contributed by atoms with Gasteiger partial charge in [0.25, 0.3) is 0 Å². The Hall–Kier alpha value is -1.31. The first-order valence-corrected chi connectivity index (χ1v) is 6.80. The molecule has 0 aliphatic carbocycles. The highest BCUT2D eigenvalue weighted by atomic mass is 19.4. The fraction of sp³-hybridized carbons (Fsp3) is 0.600. The molecule has 1 saturated heterocycles. The van der Waals surface area contributed by atoms with Crippen molar-refractivity contribution in [3.63, 3.8) is 0 Å². The van der Waals surface area contributed by atoms with Gasteiger partial charge in [-0.25, -0.2) is 0 Å². The zero-order chi connectivity index (χ0) is 16.4. The van der Waals surface area contributed by atoms with Crippen molar-refractivity contribution in [3.05, 3.63) is 29.3 Å². The number of halogens is 3. The summed E-state index contributed by atoms with van der Waals surface area (Å²) in [5, 5.41) is 0. The first-order valence-electron chi connectivity index (χ1n) is 6.80. The van der Waals surface area contributed by atoms with E-state index in [9.17, 15) is 13.2 Å². The van der Waals surface area contributed by atoms with Crippen LogP contribution in [0.3, 0.4) is 0 Å². The van der Waals surface area contributed by atoms with Crippen molar-refractivity contribution in [2.24, 2.45) is 5.41 Å². The lowest BCUT2D eigenvalue weighted by Crippen LogP contribution is -2.34. The van der Waals surface area contributed by atoms with E-state index in [1.807, 2.05) is 13.8 Å². The van der Waals surface area contributed by atoms with Crippen LogP contribution in [0.5, 0.6) is 5.75 Å². The second kappa shape index (κ2) is 6.44. The summed E-state index contributed by atoms with van der Waals surface area (Å²) >= 11 is 0. The van der Waals surface area contributed by atoms with Crippen LogP contribution in [0.1, 0.15) is 31.3 Å². The molecule has 0 amide bonds. The zero-order valence-electron chi connectivity index (χ0n) is 12.7. The molecule has 0 aromatic heterocycles. The molecule has 1 aromatic rings. The fourth-order valence-corrected chi connectivity index (χ4v) is 2.11. The molecule has 1 aliphatic heterocycles. The molecule has 7 heteroatoms. The lowest BCUT2D eigenvalue weighted by molar-refractivity contribution is -0.227. The van der Waals surface area contributed by atoms with Gasteiger partial charge in [-0.15, -0.1) is 0 Å². The molecule has 0 unspecified atom stereocenters. The molecule has 1 fully saturated rings. The van der Waals surface area contributed by atoms with Crippen molar-refractivity contribution in [2.75, 3.05) is 27.1 Å². The van der Waals surface area contributed by atoms with E-state index >= 15 is 0 Å². The first-order chi connectivity index (χ1) is 10.2. The summed E-state index contributed by atoms with van der Waals surface area (Å²) in [6, 6.07) is 3.77. The van der Waals surface area contributed by atoms with E-state index in [4.69, 9.17) is 18.9 Å². The predicted molar refractivity (Wildman–Crippen MR) is 72.4 cm³/mol. The molecule has 0 bridgehead atoms. The van der Waals surface area contributed by atoms with E-state index in [0.29, 0.717) is 13.2 Å². The molecule has 1 aliphatic rings. The van der Waals surface area contributed by atoms with E-state index < -0.39 is 18.0 Å². The van der Waals surface area contributed by atoms with E-state index in [1.165, 1.54) is 19.2 Å². The molecule has 0 atom stereocenters. The highest BCUT2D eigenvalue weighted by Gasteiger charge is 2.38. The van der Waals surface area contributed by atoms with E-state index in [2.05, 4.69) is 0 Å². The molecule has 1 aromatic carbocycles. The third kappa shape index (κ3) is 3.91. The Kier molecular flexibility index (Phi) is 4.99. The Morgan fingerprint density at radius 3 is 2.41 bits per heavy atom. The minimum atomic E-state index is -4.53. The number of para-hydroxylation sites is 1. The zero-order valence-corrected chi connectivity index (χ0v) is 12.7. The predicted octanol–water partition coefficient (Wildman–Crippen LogP) is 3.76. The van der Waals surface area contributed by atoms with Crippen LogP contribution in [0.25, 0.3) is 0 Å². The van der Waals surface area contributed by atoms with E-state index in [1.54, 1.807) is 0 Å². The van der Waals surface area contributed by atoms with Gasteiger partial charge in [-0.3, -0.25) is 0 Å². The van der Waals surface area contributed by atoms with Crippen LogP contribution in [-0.4, -0.2) is 27.1 Å². The quantitative estimate of drug-likeness (QED) is 0.792. The van der Waals surface area contributed by atoms with Crippen LogP contribution in [0.15, 0.2) is 18.2 Å². The van der Waals surface area contributed by atoms with Crippen molar-refractivity contribution in [1.82, 2.24) is 0 Å². The molecule has 1 heterocycles. The van der Waals surface area contributed by atoms with Gasteiger partial charge < -0.3 is 18.9 Å². The van der Waals surface area contributed by atoms with Gasteiger partial charge in [0.05, 0.1) is 24.3 Å². The van der Waals surface area contributed by atoms with Gasteiger partial charge in [0, 0.05) is 12.5 Å². The molecule has 0 saturated carbocycles. The highest BCUT2D eigenvalue weighted by molar-refractivity contribution is 5.44. The van der Waals surface area contributed by atoms with Gasteiger partial charge in [-0.1, -0.05) is 26.0 Å². The van der Waals surface area contributed by atoms with Crippen molar-refractivity contribution < 1.29 is 32.1 Å². The van der Waals surface area contributed by atoms with Gasteiger partial charge in [-0.05, 0) is 6.07 Å². The van der Waals surface area contributed by atoms with Gasteiger partial charge in [0.2, 0.25) is 0 Å². The maximum Gasteiger partial charge on any atom is 0.419 e. The summed E-state index contributed by atoms with van der Waals surface area (Å²) in [6.45, 7) is 4.39. The minimum absolute atomic E-state index is 0.175. The molecule has 0 radical (unpaired) electrons. The lowest BCUT2D eigenvalue weighted by Gasteiger charge is -2.35. The second-order valence-electron chi connectivity index (χ2n) is 5.89. The van der Waals surface area contributed by atoms with Gasteiger partial charge in [0.15, 0.2) is 13.1 Å². The van der Waals surface area contributed by atoms with E-state index in [-0.39, 0.29) is 23.5 Å². The Bertz CT molecular complexity index is 504. The molecular formula is C15H19F3O4. The second-order valence-corrected chi connectivity index (χ2v) is 5.89. The number of alkyl halides is 3. The lowest BCUT2D eigenvalue weighted by atomic mass is 9.95. The third-order valence-electron chi connectivity index (χ3n) is 3.18. The number of methoxy groups -OCH3 is 1. The monoisotopic (exact) mass is 320 g/mol. The van der Waals surface area contributed by atoms with Crippen LogP contribution >= 0.6 is 0 Å². The average molecular weight is 320 g/mol. The molecule has 2 rings (SSSR count). The Balaban J connectivity index is 2.34. The van der Waals surface area contributed by atoms with Crippen LogP contribution in [0, 0.1) is 5.41 Å². The van der Waals surface area contributed by atoms with Crippen molar-refractivity contribution in [1.29, 1.82) is 0 Å². The smallest absolute Gasteiger partial charge is 0.419 e. The summed E-state index contributed by atoms with van der Waals surface area (Å²) in [6.07, 6.45) is -5.42. The van der Waals surface area contributed by atoms with Crippen molar-refractivity contribution in [3.8, 4) is 5.75 Å². The van der Waals surface area contributed by atoms with Crippen molar-refractivity contribution in [2.45, 2.75) is 26.3 Å². The van der Waals surface area contributed by atoms with Crippen LogP contribution in [-0.2, 0) is 20.4 Å². The summed E-state index contributed by atoms with van der Waals surface area (Å²) in [5.41, 5.74) is -0.840. The normalized spacial score (nSPS) is 19.2. The maximum atomic E-state index is 13.1. The SMILES string of the molecule is COCOc1c(C2OCC(C)(C)CO2)cccc1C(F)(F)F. The molecule has 0 spiro atoms. The Morgan fingerprint density at radius 1 is 1.23 bits per heavy atom. The van der Waals surface area contributed by atoms with Gasteiger partial charge in [0.1, 0.15) is 5.75 Å². The average Bonchev–Trinajstić information content (AvgIpc) is 2.44. The summed E-state index contributed by atoms with van der Waals surface area (Å²) in [5.74, 6) is -0.318. The largest absolute Gasteiger partial charge is 0.466 e. The number of ether oxygens (including phenoxy) is 4. The number of hydrogen-bond acceptors (Lipinski definition) is 4. The minimum Gasteiger partial charge on any atom is -0.466 e.